The third kappa shape index (κ3) is 3.91. The third-order valence-electron chi connectivity index (χ3n) is 4.06. The van der Waals surface area contributed by atoms with Gasteiger partial charge in [-0.2, -0.15) is 5.10 Å². The van der Waals surface area contributed by atoms with Gasteiger partial charge in [0.05, 0.1) is 17.5 Å². The van der Waals surface area contributed by atoms with Crippen molar-refractivity contribution in [2.45, 2.75) is 26.8 Å². The molecule has 1 amide bonds. The molecule has 0 unspecified atom stereocenters. The van der Waals surface area contributed by atoms with Crippen LogP contribution in [0.15, 0.2) is 48.8 Å². The van der Waals surface area contributed by atoms with Crippen LogP contribution < -0.4 is 5.32 Å². The minimum atomic E-state index is -0.114. The zero-order chi connectivity index (χ0) is 17.6. The lowest BCUT2D eigenvalue weighted by molar-refractivity contribution is 0.0953. The molecule has 1 aromatic carbocycles. The van der Waals surface area contributed by atoms with Crippen molar-refractivity contribution in [1.82, 2.24) is 25.1 Å². The molecule has 0 bridgehead atoms. The molecule has 0 aliphatic heterocycles. The second-order valence-corrected chi connectivity index (χ2v) is 5.69. The summed E-state index contributed by atoms with van der Waals surface area (Å²) in [5.74, 6) is 0.596. The van der Waals surface area contributed by atoms with Crippen LogP contribution in [0.2, 0.25) is 0 Å². The smallest absolute Gasteiger partial charge is 0.254 e. The van der Waals surface area contributed by atoms with Gasteiger partial charge in [0.2, 0.25) is 0 Å². The largest absolute Gasteiger partial charge is 0.351 e. The number of aromatic nitrogens is 4. The number of hydrogen-bond acceptors (Lipinski definition) is 4. The van der Waals surface area contributed by atoms with Crippen molar-refractivity contribution in [3.63, 3.8) is 0 Å². The zero-order valence-corrected chi connectivity index (χ0v) is 14.4. The standard InChI is InChI=1S/C19H21N5O/c1-3-24-14(2)16(13-22-24)19(25)21-12-10-18-20-11-9-17(23-18)15-7-5-4-6-8-15/h4-9,11,13H,3,10,12H2,1-2H3,(H,21,25). The lowest BCUT2D eigenvalue weighted by Gasteiger charge is -2.06. The number of nitrogens with zero attached hydrogens (tertiary/aromatic N) is 4. The molecule has 0 saturated heterocycles. The number of carbonyl (C=O) groups excluding carboxylic acids is 1. The highest BCUT2D eigenvalue weighted by molar-refractivity contribution is 5.95. The predicted molar refractivity (Wildman–Crippen MR) is 96.1 cm³/mol. The summed E-state index contributed by atoms with van der Waals surface area (Å²) in [5.41, 5.74) is 3.43. The Kier molecular flexibility index (Phi) is 5.18. The number of nitrogens with one attached hydrogen (secondary N) is 1. The fraction of sp³-hybridized carbons (Fsp3) is 0.263. The van der Waals surface area contributed by atoms with E-state index in [2.05, 4.69) is 20.4 Å². The van der Waals surface area contributed by atoms with Crippen molar-refractivity contribution in [2.75, 3.05) is 6.54 Å². The van der Waals surface area contributed by atoms with Crippen molar-refractivity contribution < 1.29 is 4.79 Å². The Labute approximate surface area is 146 Å². The minimum Gasteiger partial charge on any atom is -0.351 e. The van der Waals surface area contributed by atoms with E-state index in [0.717, 1.165) is 23.5 Å². The van der Waals surface area contributed by atoms with Gasteiger partial charge < -0.3 is 5.32 Å². The van der Waals surface area contributed by atoms with Crippen molar-refractivity contribution in [3.8, 4) is 11.3 Å². The van der Waals surface area contributed by atoms with Gasteiger partial charge in [-0.15, -0.1) is 0 Å². The molecule has 0 radical (unpaired) electrons. The first-order chi connectivity index (χ1) is 12.2. The maximum absolute atomic E-state index is 12.3. The van der Waals surface area contributed by atoms with Gasteiger partial charge >= 0.3 is 0 Å². The number of amides is 1. The second kappa shape index (κ2) is 7.70. The summed E-state index contributed by atoms with van der Waals surface area (Å²) in [6, 6.07) is 11.9. The summed E-state index contributed by atoms with van der Waals surface area (Å²) in [5, 5.41) is 7.11. The van der Waals surface area contributed by atoms with Crippen molar-refractivity contribution in [3.05, 3.63) is 65.9 Å². The predicted octanol–water partition coefficient (Wildman–Crippen LogP) is 2.64. The zero-order valence-electron chi connectivity index (χ0n) is 14.4. The first kappa shape index (κ1) is 16.8. The number of carbonyl (C=O) groups is 1. The van der Waals surface area contributed by atoms with E-state index in [4.69, 9.17) is 0 Å². The maximum Gasteiger partial charge on any atom is 0.254 e. The van der Waals surface area contributed by atoms with Crippen LogP contribution in [0.3, 0.4) is 0 Å². The number of hydrogen-bond donors (Lipinski definition) is 1. The molecule has 0 fully saturated rings. The Morgan fingerprint density at radius 1 is 1.20 bits per heavy atom. The number of rotatable bonds is 6. The van der Waals surface area contributed by atoms with Crippen LogP contribution >= 0.6 is 0 Å². The Morgan fingerprint density at radius 3 is 2.72 bits per heavy atom. The van der Waals surface area contributed by atoms with E-state index in [1.807, 2.05) is 50.2 Å². The highest BCUT2D eigenvalue weighted by atomic mass is 16.1. The lowest BCUT2D eigenvalue weighted by atomic mass is 10.1. The van der Waals surface area contributed by atoms with Crippen LogP contribution in [0.4, 0.5) is 0 Å². The van der Waals surface area contributed by atoms with Crippen LogP contribution in [-0.4, -0.2) is 32.2 Å². The summed E-state index contributed by atoms with van der Waals surface area (Å²) in [4.78, 5) is 21.1. The Hall–Kier alpha value is -3.02. The molecular weight excluding hydrogens is 314 g/mol. The fourth-order valence-corrected chi connectivity index (χ4v) is 2.66. The summed E-state index contributed by atoms with van der Waals surface area (Å²) >= 11 is 0. The molecule has 128 valence electrons. The molecule has 0 aliphatic carbocycles. The summed E-state index contributed by atoms with van der Waals surface area (Å²) in [6.07, 6.45) is 3.94. The van der Waals surface area contributed by atoms with Crippen LogP contribution in [-0.2, 0) is 13.0 Å². The molecule has 0 atom stereocenters. The average Bonchev–Trinajstić information content (AvgIpc) is 3.03. The van der Waals surface area contributed by atoms with E-state index in [1.54, 1.807) is 17.1 Å². The van der Waals surface area contributed by atoms with E-state index >= 15 is 0 Å². The number of aryl methyl sites for hydroxylation is 1. The molecule has 6 heteroatoms. The molecule has 6 nitrogen and oxygen atoms in total. The quantitative estimate of drug-likeness (QED) is 0.751. The fourth-order valence-electron chi connectivity index (χ4n) is 2.66. The van der Waals surface area contributed by atoms with E-state index in [1.165, 1.54) is 0 Å². The number of benzene rings is 1. The minimum absolute atomic E-state index is 0.114. The van der Waals surface area contributed by atoms with E-state index < -0.39 is 0 Å². The van der Waals surface area contributed by atoms with Crippen LogP contribution in [0, 0.1) is 6.92 Å². The van der Waals surface area contributed by atoms with Crippen LogP contribution in [0.1, 0.15) is 28.8 Å². The van der Waals surface area contributed by atoms with Gasteiger partial charge in [0.1, 0.15) is 5.82 Å². The SMILES string of the molecule is CCn1ncc(C(=O)NCCc2nccc(-c3ccccc3)n2)c1C. The molecular formula is C19H21N5O. The van der Waals surface area contributed by atoms with Crippen LogP contribution in [0.5, 0.6) is 0 Å². The van der Waals surface area contributed by atoms with Gasteiger partial charge in [-0.3, -0.25) is 9.48 Å². The summed E-state index contributed by atoms with van der Waals surface area (Å²) in [7, 11) is 0. The molecule has 25 heavy (non-hydrogen) atoms. The van der Waals surface area contributed by atoms with Gasteiger partial charge in [-0.25, -0.2) is 9.97 Å². The maximum atomic E-state index is 12.3. The lowest BCUT2D eigenvalue weighted by Crippen LogP contribution is -2.26. The van der Waals surface area contributed by atoms with Gasteiger partial charge in [-0.1, -0.05) is 30.3 Å². The average molecular weight is 335 g/mol. The highest BCUT2D eigenvalue weighted by Gasteiger charge is 2.13. The molecule has 3 aromatic rings. The van der Waals surface area contributed by atoms with E-state index in [0.29, 0.717) is 24.4 Å². The summed E-state index contributed by atoms with van der Waals surface area (Å²) < 4.78 is 1.81. The van der Waals surface area contributed by atoms with Crippen molar-refractivity contribution in [1.29, 1.82) is 0 Å². The molecule has 3 rings (SSSR count). The second-order valence-electron chi connectivity index (χ2n) is 5.69. The topological polar surface area (TPSA) is 72.7 Å². The Balaban J connectivity index is 1.60. The molecule has 2 aromatic heterocycles. The first-order valence-electron chi connectivity index (χ1n) is 8.37. The molecule has 0 saturated carbocycles. The molecule has 1 N–H and O–H groups in total. The van der Waals surface area contributed by atoms with Gasteiger partial charge in [-0.05, 0) is 19.9 Å². The molecule has 0 spiro atoms. The van der Waals surface area contributed by atoms with Crippen LogP contribution in [0.25, 0.3) is 11.3 Å². The monoisotopic (exact) mass is 335 g/mol. The van der Waals surface area contributed by atoms with Gasteiger partial charge in [0.15, 0.2) is 0 Å². The normalized spacial score (nSPS) is 10.6. The van der Waals surface area contributed by atoms with Gasteiger partial charge in [0.25, 0.3) is 5.91 Å². The highest BCUT2D eigenvalue weighted by Crippen LogP contribution is 2.15. The first-order valence-corrected chi connectivity index (χ1v) is 8.37. The van der Waals surface area contributed by atoms with Gasteiger partial charge in [0, 0.05) is 37.0 Å². The Bertz CT molecular complexity index is 857. The molecule has 2 heterocycles. The molecule has 0 aliphatic rings. The van der Waals surface area contributed by atoms with E-state index in [9.17, 15) is 4.79 Å². The van der Waals surface area contributed by atoms with Crippen molar-refractivity contribution >= 4 is 5.91 Å². The Morgan fingerprint density at radius 2 is 2.00 bits per heavy atom. The van der Waals surface area contributed by atoms with Crippen molar-refractivity contribution in [2.24, 2.45) is 0 Å². The third-order valence-corrected chi connectivity index (χ3v) is 4.06. The summed E-state index contributed by atoms with van der Waals surface area (Å²) in [6.45, 7) is 5.13. The van der Waals surface area contributed by atoms with E-state index in [-0.39, 0.29) is 5.91 Å².